The highest BCUT2D eigenvalue weighted by Crippen LogP contribution is 2.15. The molecule has 34 heavy (non-hydrogen) atoms. The predicted octanol–water partition coefficient (Wildman–Crippen LogP) is 1.92. The molecule has 0 amide bonds. The van der Waals surface area contributed by atoms with E-state index in [0.717, 1.165) is 0 Å². The molecular formula is C24H30O10. The lowest BCUT2D eigenvalue weighted by Crippen LogP contribution is -2.15. The molecule has 0 aliphatic carbocycles. The van der Waals surface area contributed by atoms with Crippen LogP contribution in [0.3, 0.4) is 0 Å². The fourth-order valence-electron chi connectivity index (χ4n) is 2.84. The normalized spacial score (nSPS) is 12.9. The van der Waals surface area contributed by atoms with Gasteiger partial charge < -0.3 is 39.4 Å². The number of carboxylic acids is 2. The summed E-state index contributed by atoms with van der Waals surface area (Å²) in [5.41, 5.74) is 1.46. The van der Waals surface area contributed by atoms with Gasteiger partial charge in [-0.3, -0.25) is 0 Å². The number of hydrogen-bond donors (Lipinski definition) is 4. The van der Waals surface area contributed by atoms with Gasteiger partial charge in [-0.25, -0.2) is 9.59 Å². The van der Waals surface area contributed by atoms with E-state index in [9.17, 15) is 19.8 Å². The van der Waals surface area contributed by atoms with Crippen LogP contribution >= 0.6 is 0 Å². The fraction of sp³-hybridized carbons (Fsp3) is 0.417. The highest BCUT2D eigenvalue weighted by molar-refractivity contribution is 5.88. The summed E-state index contributed by atoms with van der Waals surface area (Å²) >= 11 is 0. The SMILES string of the molecule is O=C(O)c1ccc(C(O)COCCOCCOCCOCC(O)c2ccc(C(=O)O)cc2)cc1. The van der Waals surface area contributed by atoms with Crippen LogP contribution in [0.1, 0.15) is 44.1 Å². The Balaban J connectivity index is 1.42. The number of ether oxygens (including phenoxy) is 4. The van der Waals surface area contributed by atoms with Gasteiger partial charge in [0.1, 0.15) is 12.2 Å². The van der Waals surface area contributed by atoms with E-state index in [1.165, 1.54) is 24.3 Å². The van der Waals surface area contributed by atoms with Gasteiger partial charge in [-0.15, -0.1) is 0 Å². The lowest BCUT2D eigenvalue weighted by Gasteiger charge is -2.13. The Morgan fingerprint density at radius 2 is 0.853 bits per heavy atom. The van der Waals surface area contributed by atoms with Gasteiger partial charge in [0, 0.05) is 0 Å². The number of carbonyl (C=O) groups is 2. The van der Waals surface area contributed by atoms with Crippen molar-refractivity contribution in [3.05, 3.63) is 70.8 Å². The first-order valence-corrected chi connectivity index (χ1v) is 10.7. The van der Waals surface area contributed by atoms with Gasteiger partial charge in [0.15, 0.2) is 0 Å². The maximum Gasteiger partial charge on any atom is 0.335 e. The van der Waals surface area contributed by atoms with Crippen molar-refractivity contribution in [2.45, 2.75) is 12.2 Å². The van der Waals surface area contributed by atoms with Gasteiger partial charge in [0.05, 0.1) is 64.0 Å². The summed E-state index contributed by atoms with van der Waals surface area (Å²) in [6.07, 6.45) is -1.71. The van der Waals surface area contributed by atoms with Gasteiger partial charge in [-0.05, 0) is 35.4 Å². The van der Waals surface area contributed by atoms with E-state index in [1.807, 2.05) is 0 Å². The number of carboxylic acid groups (broad SMARTS) is 2. The van der Waals surface area contributed by atoms with Gasteiger partial charge in [-0.2, -0.15) is 0 Å². The molecule has 0 aliphatic rings. The zero-order valence-electron chi connectivity index (χ0n) is 18.7. The van der Waals surface area contributed by atoms with E-state index in [1.54, 1.807) is 24.3 Å². The standard InChI is InChI=1S/C24H30O10/c25-21(17-1-5-19(6-2-17)23(27)28)15-33-13-11-31-9-10-32-12-14-34-16-22(26)18-3-7-20(8-4-18)24(29)30/h1-8,21-22,25-26H,9-16H2,(H,27,28)(H,29,30). The first-order chi connectivity index (χ1) is 16.4. The molecule has 2 unspecified atom stereocenters. The summed E-state index contributed by atoms with van der Waals surface area (Å²) in [6, 6.07) is 11.9. The molecule has 4 N–H and O–H groups in total. The van der Waals surface area contributed by atoms with E-state index in [2.05, 4.69) is 0 Å². The molecule has 0 saturated carbocycles. The fourth-order valence-corrected chi connectivity index (χ4v) is 2.84. The van der Waals surface area contributed by atoms with E-state index >= 15 is 0 Å². The number of aliphatic hydroxyl groups excluding tert-OH is 2. The Hall–Kier alpha value is -2.86. The third-order valence-corrected chi connectivity index (χ3v) is 4.75. The lowest BCUT2D eigenvalue weighted by atomic mass is 10.1. The summed E-state index contributed by atoms with van der Waals surface area (Å²) in [7, 11) is 0. The minimum Gasteiger partial charge on any atom is -0.478 e. The number of benzene rings is 2. The van der Waals surface area contributed by atoms with Crippen molar-refractivity contribution in [3.63, 3.8) is 0 Å². The Kier molecular flexibility index (Phi) is 12.2. The van der Waals surface area contributed by atoms with Crippen LogP contribution in [0.4, 0.5) is 0 Å². The monoisotopic (exact) mass is 478 g/mol. The predicted molar refractivity (Wildman–Crippen MR) is 120 cm³/mol. The molecular weight excluding hydrogens is 448 g/mol. The second-order valence-corrected chi connectivity index (χ2v) is 7.26. The molecule has 10 heteroatoms. The van der Waals surface area contributed by atoms with Gasteiger partial charge in [0.25, 0.3) is 0 Å². The molecule has 2 rings (SSSR count). The molecule has 2 aromatic rings. The molecule has 10 nitrogen and oxygen atoms in total. The highest BCUT2D eigenvalue weighted by Gasteiger charge is 2.10. The molecule has 0 aromatic heterocycles. The number of hydrogen-bond acceptors (Lipinski definition) is 8. The molecule has 186 valence electrons. The summed E-state index contributed by atoms with van der Waals surface area (Å²) in [5, 5.41) is 37.8. The van der Waals surface area contributed by atoms with Crippen LogP contribution < -0.4 is 0 Å². The Morgan fingerprint density at radius 1 is 0.559 bits per heavy atom. The van der Waals surface area contributed by atoms with Gasteiger partial charge in [-0.1, -0.05) is 24.3 Å². The van der Waals surface area contributed by atoms with Gasteiger partial charge >= 0.3 is 11.9 Å². The highest BCUT2D eigenvalue weighted by atomic mass is 16.6. The average molecular weight is 478 g/mol. The molecule has 0 bridgehead atoms. The van der Waals surface area contributed by atoms with E-state index in [0.29, 0.717) is 50.8 Å². The minimum atomic E-state index is -1.02. The van der Waals surface area contributed by atoms with Crippen LogP contribution in [-0.4, -0.2) is 85.2 Å². The molecule has 0 radical (unpaired) electrons. The van der Waals surface area contributed by atoms with Gasteiger partial charge in [0.2, 0.25) is 0 Å². The van der Waals surface area contributed by atoms with Crippen LogP contribution in [-0.2, 0) is 18.9 Å². The van der Waals surface area contributed by atoms with Crippen LogP contribution in [0.15, 0.2) is 48.5 Å². The second-order valence-electron chi connectivity index (χ2n) is 7.26. The molecule has 0 fully saturated rings. The second kappa shape index (κ2) is 15.1. The number of aliphatic hydroxyl groups is 2. The average Bonchev–Trinajstić information content (AvgIpc) is 2.84. The Labute approximate surface area is 197 Å². The molecule has 2 atom stereocenters. The summed E-state index contributed by atoms with van der Waals surface area (Å²) < 4.78 is 21.5. The maximum absolute atomic E-state index is 10.8. The summed E-state index contributed by atoms with van der Waals surface area (Å²) in [5.74, 6) is -2.04. The third-order valence-electron chi connectivity index (χ3n) is 4.75. The van der Waals surface area contributed by atoms with Crippen LogP contribution in [0.5, 0.6) is 0 Å². The zero-order chi connectivity index (χ0) is 24.8. The maximum atomic E-state index is 10.8. The van der Waals surface area contributed by atoms with Crippen molar-refractivity contribution in [2.24, 2.45) is 0 Å². The van der Waals surface area contributed by atoms with Crippen LogP contribution in [0, 0.1) is 0 Å². The molecule has 0 saturated heterocycles. The lowest BCUT2D eigenvalue weighted by molar-refractivity contribution is -0.0248. The Morgan fingerprint density at radius 3 is 1.15 bits per heavy atom. The largest absolute Gasteiger partial charge is 0.478 e. The van der Waals surface area contributed by atoms with Crippen molar-refractivity contribution >= 4 is 11.9 Å². The quantitative estimate of drug-likeness (QED) is 0.248. The van der Waals surface area contributed by atoms with Crippen LogP contribution in [0.25, 0.3) is 0 Å². The smallest absolute Gasteiger partial charge is 0.335 e. The zero-order valence-corrected chi connectivity index (χ0v) is 18.7. The molecule has 2 aromatic carbocycles. The van der Waals surface area contributed by atoms with E-state index < -0.39 is 24.1 Å². The summed E-state index contributed by atoms with van der Waals surface area (Å²) in [6.45, 7) is 2.10. The number of rotatable bonds is 17. The topological polar surface area (TPSA) is 152 Å². The van der Waals surface area contributed by atoms with Crippen molar-refractivity contribution in [2.75, 3.05) is 52.9 Å². The first-order valence-electron chi connectivity index (χ1n) is 10.7. The molecule has 0 aliphatic heterocycles. The first kappa shape index (κ1) is 27.4. The van der Waals surface area contributed by atoms with E-state index in [4.69, 9.17) is 29.2 Å². The Bertz CT molecular complexity index is 793. The minimum absolute atomic E-state index is 0.0686. The number of aromatic carboxylic acids is 2. The van der Waals surface area contributed by atoms with Crippen molar-refractivity contribution in [3.8, 4) is 0 Å². The van der Waals surface area contributed by atoms with Crippen molar-refractivity contribution in [1.29, 1.82) is 0 Å². The van der Waals surface area contributed by atoms with Crippen molar-refractivity contribution in [1.82, 2.24) is 0 Å². The molecule has 0 spiro atoms. The third kappa shape index (κ3) is 9.96. The molecule has 0 heterocycles. The van der Waals surface area contributed by atoms with Crippen molar-refractivity contribution < 1.29 is 49.0 Å². The van der Waals surface area contributed by atoms with E-state index in [-0.39, 0.29) is 24.3 Å². The summed E-state index contributed by atoms with van der Waals surface area (Å²) in [4.78, 5) is 21.7. The van der Waals surface area contributed by atoms with Crippen LogP contribution in [0.2, 0.25) is 0 Å².